The van der Waals surface area contributed by atoms with Gasteiger partial charge in [0.1, 0.15) is 0 Å². The molecule has 1 aliphatic carbocycles. The average molecular weight is 339 g/mol. The predicted octanol–water partition coefficient (Wildman–Crippen LogP) is 3.44. The SMILES string of the molecule is O=C(CCc1cccc(F)c1F)NC1CCCCCCC1C(=O)O. The monoisotopic (exact) mass is 339 g/mol. The topological polar surface area (TPSA) is 66.4 Å². The number of hydrogen-bond donors (Lipinski definition) is 2. The molecule has 2 rings (SSSR count). The Morgan fingerprint density at radius 1 is 1.12 bits per heavy atom. The summed E-state index contributed by atoms with van der Waals surface area (Å²) in [6, 6.07) is 3.49. The van der Waals surface area contributed by atoms with E-state index in [2.05, 4.69) is 5.32 Å². The lowest BCUT2D eigenvalue weighted by molar-refractivity contribution is -0.143. The molecular formula is C18H23F2NO3. The molecule has 0 spiro atoms. The van der Waals surface area contributed by atoms with Gasteiger partial charge in [-0.2, -0.15) is 0 Å². The first-order chi connectivity index (χ1) is 11.5. The van der Waals surface area contributed by atoms with E-state index < -0.39 is 29.6 Å². The van der Waals surface area contributed by atoms with Crippen molar-refractivity contribution in [1.29, 1.82) is 0 Å². The van der Waals surface area contributed by atoms with Gasteiger partial charge in [-0.25, -0.2) is 8.78 Å². The number of rotatable bonds is 5. The number of nitrogens with one attached hydrogen (secondary N) is 1. The maximum Gasteiger partial charge on any atom is 0.308 e. The summed E-state index contributed by atoms with van der Waals surface area (Å²) in [6.07, 6.45) is 5.06. The molecule has 0 saturated heterocycles. The van der Waals surface area contributed by atoms with Gasteiger partial charge in [0.2, 0.25) is 5.91 Å². The van der Waals surface area contributed by atoms with E-state index in [-0.39, 0.29) is 24.3 Å². The van der Waals surface area contributed by atoms with E-state index in [4.69, 9.17) is 0 Å². The summed E-state index contributed by atoms with van der Waals surface area (Å²) in [6.45, 7) is 0. The molecule has 1 aromatic carbocycles. The third-order valence-corrected chi connectivity index (χ3v) is 4.58. The van der Waals surface area contributed by atoms with Crippen LogP contribution in [0.1, 0.15) is 50.5 Å². The minimum absolute atomic E-state index is 0.00319. The first-order valence-electron chi connectivity index (χ1n) is 8.44. The van der Waals surface area contributed by atoms with E-state index in [1.807, 2.05) is 0 Å². The van der Waals surface area contributed by atoms with Gasteiger partial charge in [-0.15, -0.1) is 0 Å². The van der Waals surface area contributed by atoms with Crippen molar-refractivity contribution in [3.63, 3.8) is 0 Å². The Kier molecular flexibility index (Phi) is 6.70. The molecule has 1 aliphatic rings. The number of aryl methyl sites for hydroxylation is 1. The number of halogens is 2. The lowest BCUT2D eigenvalue weighted by Gasteiger charge is -2.27. The molecule has 132 valence electrons. The molecule has 2 unspecified atom stereocenters. The number of amides is 1. The molecule has 6 heteroatoms. The van der Waals surface area contributed by atoms with Crippen molar-refractivity contribution >= 4 is 11.9 Å². The second kappa shape index (κ2) is 8.76. The molecule has 1 fully saturated rings. The van der Waals surface area contributed by atoms with E-state index in [1.165, 1.54) is 12.1 Å². The normalized spacial score (nSPS) is 21.6. The fraction of sp³-hybridized carbons (Fsp3) is 0.556. The van der Waals surface area contributed by atoms with Crippen LogP contribution in [0.4, 0.5) is 8.78 Å². The first kappa shape index (κ1) is 18.4. The highest BCUT2D eigenvalue weighted by Gasteiger charge is 2.29. The zero-order chi connectivity index (χ0) is 17.5. The molecule has 1 saturated carbocycles. The van der Waals surface area contributed by atoms with Crippen molar-refractivity contribution < 1.29 is 23.5 Å². The van der Waals surface area contributed by atoms with Crippen molar-refractivity contribution in [2.75, 3.05) is 0 Å². The van der Waals surface area contributed by atoms with Gasteiger partial charge in [-0.1, -0.05) is 37.8 Å². The molecular weight excluding hydrogens is 316 g/mol. The molecule has 2 atom stereocenters. The molecule has 4 nitrogen and oxygen atoms in total. The second-order valence-corrected chi connectivity index (χ2v) is 6.32. The minimum atomic E-state index is -0.932. The smallest absolute Gasteiger partial charge is 0.308 e. The van der Waals surface area contributed by atoms with Crippen LogP contribution in [0.2, 0.25) is 0 Å². The molecule has 0 heterocycles. The molecule has 2 N–H and O–H groups in total. The summed E-state index contributed by atoms with van der Waals surface area (Å²) in [5.41, 5.74) is 0.151. The van der Waals surface area contributed by atoms with Gasteiger partial charge in [-0.3, -0.25) is 9.59 Å². The number of carbonyl (C=O) groups excluding carboxylic acids is 1. The van der Waals surface area contributed by atoms with Crippen molar-refractivity contribution in [3.05, 3.63) is 35.4 Å². The summed E-state index contributed by atoms with van der Waals surface area (Å²) >= 11 is 0. The van der Waals surface area contributed by atoms with Crippen LogP contribution in [-0.2, 0) is 16.0 Å². The quantitative estimate of drug-likeness (QED) is 0.864. The van der Waals surface area contributed by atoms with E-state index >= 15 is 0 Å². The highest BCUT2D eigenvalue weighted by molar-refractivity contribution is 5.78. The zero-order valence-corrected chi connectivity index (χ0v) is 13.6. The van der Waals surface area contributed by atoms with Crippen LogP contribution < -0.4 is 5.32 Å². The van der Waals surface area contributed by atoms with E-state index in [9.17, 15) is 23.5 Å². The van der Waals surface area contributed by atoms with Crippen LogP contribution in [0.25, 0.3) is 0 Å². The minimum Gasteiger partial charge on any atom is -0.481 e. The van der Waals surface area contributed by atoms with Crippen molar-refractivity contribution in [2.45, 2.75) is 57.4 Å². The fourth-order valence-corrected chi connectivity index (χ4v) is 3.22. The molecule has 0 aromatic heterocycles. The van der Waals surface area contributed by atoms with Gasteiger partial charge in [0.15, 0.2) is 11.6 Å². The predicted molar refractivity (Wildman–Crippen MR) is 85.4 cm³/mol. The number of benzene rings is 1. The Bertz CT molecular complexity index is 592. The standard InChI is InChI=1S/C18H23F2NO3/c19-14-8-5-6-12(17(14)20)10-11-16(22)21-15-9-4-2-1-3-7-13(15)18(23)24/h5-6,8,13,15H,1-4,7,9-11H2,(H,21,22)(H,23,24). The number of carbonyl (C=O) groups is 2. The molecule has 1 aromatic rings. The number of hydrogen-bond acceptors (Lipinski definition) is 2. The van der Waals surface area contributed by atoms with E-state index in [1.54, 1.807) is 0 Å². The Morgan fingerprint density at radius 2 is 1.83 bits per heavy atom. The van der Waals surface area contributed by atoms with Crippen LogP contribution in [0, 0.1) is 17.6 Å². The third kappa shape index (κ3) is 5.01. The molecule has 0 aliphatic heterocycles. The maximum atomic E-state index is 13.6. The van der Waals surface area contributed by atoms with E-state index in [0.717, 1.165) is 31.7 Å². The zero-order valence-electron chi connectivity index (χ0n) is 13.6. The average Bonchev–Trinajstić information content (AvgIpc) is 2.51. The van der Waals surface area contributed by atoms with Crippen molar-refractivity contribution in [3.8, 4) is 0 Å². The number of carboxylic acid groups (broad SMARTS) is 1. The summed E-state index contributed by atoms with van der Waals surface area (Å²) in [5.74, 6) is -3.66. The summed E-state index contributed by atoms with van der Waals surface area (Å²) in [5, 5.41) is 12.2. The van der Waals surface area contributed by atoms with E-state index in [0.29, 0.717) is 12.8 Å². The molecule has 0 radical (unpaired) electrons. The molecule has 0 bridgehead atoms. The van der Waals surface area contributed by atoms with Crippen LogP contribution in [-0.4, -0.2) is 23.0 Å². The number of aliphatic carboxylic acids is 1. The Morgan fingerprint density at radius 3 is 2.54 bits per heavy atom. The summed E-state index contributed by atoms with van der Waals surface area (Å²) in [7, 11) is 0. The lowest BCUT2D eigenvalue weighted by atomic mass is 9.86. The molecule has 24 heavy (non-hydrogen) atoms. The van der Waals surface area contributed by atoms with Gasteiger partial charge < -0.3 is 10.4 Å². The summed E-state index contributed by atoms with van der Waals surface area (Å²) < 4.78 is 26.8. The van der Waals surface area contributed by atoms with Crippen LogP contribution >= 0.6 is 0 Å². The van der Waals surface area contributed by atoms with Gasteiger partial charge in [0.25, 0.3) is 0 Å². The largest absolute Gasteiger partial charge is 0.481 e. The van der Waals surface area contributed by atoms with Crippen LogP contribution in [0.15, 0.2) is 18.2 Å². The highest BCUT2D eigenvalue weighted by Crippen LogP contribution is 2.23. The third-order valence-electron chi connectivity index (χ3n) is 4.58. The van der Waals surface area contributed by atoms with Crippen molar-refractivity contribution in [2.24, 2.45) is 5.92 Å². The second-order valence-electron chi connectivity index (χ2n) is 6.32. The molecule has 1 amide bonds. The van der Waals surface area contributed by atoms with Gasteiger partial charge in [0.05, 0.1) is 5.92 Å². The van der Waals surface area contributed by atoms with Gasteiger partial charge in [-0.05, 0) is 30.9 Å². The van der Waals surface area contributed by atoms with Crippen LogP contribution in [0.5, 0.6) is 0 Å². The maximum absolute atomic E-state index is 13.6. The van der Waals surface area contributed by atoms with Gasteiger partial charge >= 0.3 is 5.97 Å². The number of carboxylic acids is 1. The summed E-state index contributed by atoms with van der Waals surface area (Å²) in [4.78, 5) is 23.6. The van der Waals surface area contributed by atoms with Crippen LogP contribution in [0.3, 0.4) is 0 Å². The van der Waals surface area contributed by atoms with Crippen molar-refractivity contribution in [1.82, 2.24) is 5.32 Å². The Hall–Kier alpha value is -1.98. The fourth-order valence-electron chi connectivity index (χ4n) is 3.22. The Labute approximate surface area is 140 Å². The lowest BCUT2D eigenvalue weighted by Crippen LogP contribution is -2.44. The first-order valence-corrected chi connectivity index (χ1v) is 8.44. The highest BCUT2D eigenvalue weighted by atomic mass is 19.2. The van der Waals surface area contributed by atoms with Gasteiger partial charge in [0, 0.05) is 12.5 Å². The Balaban J connectivity index is 1.93.